The summed E-state index contributed by atoms with van der Waals surface area (Å²) in [4.78, 5) is 13.1. The summed E-state index contributed by atoms with van der Waals surface area (Å²) in [5.41, 5.74) is 0.982. The fourth-order valence-electron chi connectivity index (χ4n) is 2.82. The van der Waals surface area contributed by atoms with Gasteiger partial charge in [0.2, 0.25) is 0 Å². The van der Waals surface area contributed by atoms with Crippen molar-refractivity contribution in [1.82, 2.24) is 4.90 Å². The number of carboxylic acids is 1. The first-order valence-electron chi connectivity index (χ1n) is 7.53. The van der Waals surface area contributed by atoms with Gasteiger partial charge >= 0.3 is 5.97 Å². The lowest BCUT2D eigenvalue weighted by Crippen LogP contribution is -2.39. The molecule has 3 nitrogen and oxygen atoms in total. The Bertz CT molecular complexity index is 484. The zero-order valence-electron chi connectivity index (χ0n) is 12.2. The molecule has 0 aliphatic carbocycles. The quantitative estimate of drug-likeness (QED) is 0.871. The number of nitrogens with zero attached hydrogens (tertiary/aromatic N) is 1. The maximum atomic E-state index is 12.8. The minimum Gasteiger partial charge on any atom is -0.481 e. The van der Waals surface area contributed by atoms with E-state index in [4.69, 9.17) is 5.11 Å². The lowest BCUT2D eigenvalue weighted by molar-refractivity contribution is -0.137. The summed E-state index contributed by atoms with van der Waals surface area (Å²) in [6, 6.07) is 6.79. The Kier molecular flexibility index (Phi) is 5.93. The lowest BCUT2D eigenvalue weighted by Gasteiger charge is -2.34. The van der Waals surface area contributed by atoms with Gasteiger partial charge in [-0.2, -0.15) is 0 Å². The van der Waals surface area contributed by atoms with Gasteiger partial charge < -0.3 is 5.11 Å². The summed E-state index contributed by atoms with van der Waals surface area (Å²) < 4.78 is 12.8. The van der Waals surface area contributed by atoms with Crippen LogP contribution >= 0.6 is 0 Å². The van der Waals surface area contributed by atoms with Gasteiger partial charge in [-0.1, -0.05) is 30.7 Å². The van der Waals surface area contributed by atoms with Crippen LogP contribution in [-0.2, 0) is 4.79 Å². The molecule has 1 aromatic carbocycles. The van der Waals surface area contributed by atoms with E-state index in [2.05, 4.69) is 11.0 Å². The van der Waals surface area contributed by atoms with Gasteiger partial charge in [-0.15, -0.1) is 0 Å². The number of rotatable bonds is 6. The van der Waals surface area contributed by atoms with Gasteiger partial charge in [0.1, 0.15) is 5.82 Å². The summed E-state index contributed by atoms with van der Waals surface area (Å²) in [6.45, 7) is 1.85. The molecule has 0 spiro atoms. The summed E-state index contributed by atoms with van der Waals surface area (Å²) in [5.74, 6) is -0.945. The third kappa shape index (κ3) is 5.31. The molecule has 2 rings (SSSR count). The largest absolute Gasteiger partial charge is 0.481 e. The fraction of sp³-hybridized carbons (Fsp3) is 0.471. The Morgan fingerprint density at radius 2 is 2.10 bits per heavy atom. The lowest BCUT2D eigenvalue weighted by atomic mass is 9.98. The molecule has 1 aliphatic heterocycles. The zero-order chi connectivity index (χ0) is 15.1. The van der Waals surface area contributed by atoms with Crippen LogP contribution in [0.2, 0.25) is 0 Å². The number of hydrogen-bond acceptors (Lipinski definition) is 2. The Hall–Kier alpha value is -1.68. The fourth-order valence-corrected chi connectivity index (χ4v) is 2.82. The highest BCUT2D eigenvalue weighted by Crippen LogP contribution is 2.20. The van der Waals surface area contributed by atoms with Crippen LogP contribution in [-0.4, -0.2) is 35.1 Å². The van der Waals surface area contributed by atoms with Crippen LogP contribution in [0.15, 0.2) is 30.3 Å². The normalized spacial score (nSPS) is 20.0. The number of aliphatic carboxylic acids is 1. The topological polar surface area (TPSA) is 40.5 Å². The van der Waals surface area contributed by atoms with Crippen LogP contribution in [0.3, 0.4) is 0 Å². The van der Waals surface area contributed by atoms with E-state index in [1.807, 2.05) is 6.08 Å². The van der Waals surface area contributed by atoms with Crippen molar-refractivity contribution in [2.24, 2.45) is 0 Å². The maximum absolute atomic E-state index is 12.8. The SMILES string of the molecule is O=C(O)CC[C@@H]1CCCCN1C/C=C/c1ccc(F)cc1. The number of benzene rings is 1. The van der Waals surface area contributed by atoms with Crippen molar-refractivity contribution in [1.29, 1.82) is 0 Å². The second-order valence-electron chi connectivity index (χ2n) is 5.53. The van der Waals surface area contributed by atoms with Gasteiger partial charge in [0.05, 0.1) is 0 Å². The predicted molar refractivity (Wildman–Crippen MR) is 81.5 cm³/mol. The van der Waals surface area contributed by atoms with E-state index in [1.54, 1.807) is 12.1 Å². The second kappa shape index (κ2) is 7.93. The average molecular weight is 291 g/mol. The zero-order valence-corrected chi connectivity index (χ0v) is 12.2. The molecule has 0 aromatic heterocycles. The third-order valence-electron chi connectivity index (χ3n) is 3.96. The second-order valence-corrected chi connectivity index (χ2v) is 5.53. The standard InChI is InChI=1S/C17H22FNO2/c18-15-8-6-14(7-9-15)4-3-13-19-12-2-1-5-16(19)10-11-17(20)21/h3-4,6-9,16H,1-2,5,10-13H2,(H,20,21)/b4-3+/t16-/m0/s1. The van der Waals surface area contributed by atoms with Crippen LogP contribution < -0.4 is 0 Å². The smallest absolute Gasteiger partial charge is 0.303 e. The highest BCUT2D eigenvalue weighted by Gasteiger charge is 2.21. The molecule has 1 aromatic rings. The van der Waals surface area contributed by atoms with Gasteiger partial charge in [0, 0.05) is 19.0 Å². The molecule has 114 valence electrons. The highest BCUT2D eigenvalue weighted by molar-refractivity contribution is 5.66. The molecule has 1 aliphatic rings. The predicted octanol–water partition coefficient (Wildman–Crippen LogP) is 3.56. The van der Waals surface area contributed by atoms with Crippen molar-refractivity contribution in [3.05, 3.63) is 41.7 Å². The minimum atomic E-state index is -0.720. The number of likely N-dealkylation sites (tertiary alicyclic amines) is 1. The first kappa shape index (κ1) is 15.7. The average Bonchev–Trinajstić information content (AvgIpc) is 2.48. The van der Waals surface area contributed by atoms with Crippen LogP contribution in [0.5, 0.6) is 0 Å². The first-order chi connectivity index (χ1) is 10.1. The molecular formula is C17H22FNO2. The van der Waals surface area contributed by atoms with Gasteiger partial charge in [0.25, 0.3) is 0 Å². The van der Waals surface area contributed by atoms with E-state index in [0.717, 1.165) is 31.5 Å². The van der Waals surface area contributed by atoms with Gasteiger partial charge in [-0.25, -0.2) is 4.39 Å². The van der Waals surface area contributed by atoms with Gasteiger partial charge in [-0.05, 0) is 43.5 Å². The van der Waals surface area contributed by atoms with Crippen molar-refractivity contribution in [2.45, 2.75) is 38.1 Å². The van der Waals surface area contributed by atoms with Gasteiger partial charge in [0.15, 0.2) is 0 Å². The molecule has 1 fully saturated rings. The van der Waals surface area contributed by atoms with Crippen molar-refractivity contribution < 1.29 is 14.3 Å². The van der Waals surface area contributed by atoms with Crippen molar-refractivity contribution in [2.75, 3.05) is 13.1 Å². The Labute approximate surface area is 125 Å². The molecule has 1 atom stereocenters. The number of piperidine rings is 1. The highest BCUT2D eigenvalue weighted by atomic mass is 19.1. The summed E-state index contributed by atoms with van der Waals surface area (Å²) >= 11 is 0. The molecule has 0 unspecified atom stereocenters. The molecule has 0 amide bonds. The third-order valence-corrected chi connectivity index (χ3v) is 3.96. The number of carboxylic acid groups (broad SMARTS) is 1. The Morgan fingerprint density at radius 1 is 1.33 bits per heavy atom. The molecule has 0 bridgehead atoms. The monoisotopic (exact) mass is 291 g/mol. The summed E-state index contributed by atoms with van der Waals surface area (Å²) in [5, 5.41) is 8.81. The molecule has 4 heteroatoms. The summed E-state index contributed by atoms with van der Waals surface area (Å²) in [7, 11) is 0. The molecular weight excluding hydrogens is 269 g/mol. The molecule has 1 N–H and O–H groups in total. The Morgan fingerprint density at radius 3 is 2.81 bits per heavy atom. The van der Waals surface area contributed by atoms with Crippen molar-refractivity contribution in [3.63, 3.8) is 0 Å². The van der Waals surface area contributed by atoms with E-state index in [-0.39, 0.29) is 12.2 Å². The first-order valence-corrected chi connectivity index (χ1v) is 7.53. The van der Waals surface area contributed by atoms with Crippen LogP contribution in [0.1, 0.15) is 37.7 Å². The molecule has 0 saturated carbocycles. The molecule has 1 saturated heterocycles. The molecule has 1 heterocycles. The minimum absolute atomic E-state index is 0.225. The van der Waals surface area contributed by atoms with E-state index in [9.17, 15) is 9.18 Å². The van der Waals surface area contributed by atoms with Crippen LogP contribution in [0.25, 0.3) is 6.08 Å². The maximum Gasteiger partial charge on any atom is 0.303 e. The van der Waals surface area contributed by atoms with Crippen molar-refractivity contribution >= 4 is 12.0 Å². The van der Waals surface area contributed by atoms with Crippen LogP contribution in [0.4, 0.5) is 4.39 Å². The molecule has 21 heavy (non-hydrogen) atoms. The van der Waals surface area contributed by atoms with Gasteiger partial charge in [-0.3, -0.25) is 9.69 Å². The molecule has 0 radical (unpaired) electrons. The number of carbonyl (C=O) groups is 1. The Balaban J connectivity index is 1.86. The number of halogens is 1. The van der Waals surface area contributed by atoms with E-state index < -0.39 is 5.97 Å². The van der Waals surface area contributed by atoms with Crippen molar-refractivity contribution in [3.8, 4) is 0 Å². The number of hydrogen-bond donors (Lipinski definition) is 1. The summed E-state index contributed by atoms with van der Waals surface area (Å²) in [6.07, 6.45) is 8.46. The van der Waals surface area contributed by atoms with Crippen LogP contribution in [0, 0.1) is 5.82 Å². The van der Waals surface area contributed by atoms with E-state index >= 15 is 0 Å². The van der Waals surface area contributed by atoms with E-state index in [1.165, 1.54) is 25.0 Å². The van der Waals surface area contributed by atoms with E-state index in [0.29, 0.717) is 6.04 Å².